The molecule has 3 N–H and O–H groups in total. The predicted molar refractivity (Wildman–Crippen MR) is 62.7 cm³/mol. The highest BCUT2D eigenvalue weighted by Gasteiger charge is 2.10. The van der Waals surface area contributed by atoms with Gasteiger partial charge in [0, 0.05) is 10.0 Å². The van der Waals surface area contributed by atoms with Gasteiger partial charge in [0.25, 0.3) is 0 Å². The first-order valence-corrected chi connectivity index (χ1v) is 5.14. The van der Waals surface area contributed by atoms with Crippen LogP contribution in [0.5, 0.6) is 5.75 Å². The summed E-state index contributed by atoms with van der Waals surface area (Å²) in [6.45, 7) is 0. The number of anilines is 1. The van der Waals surface area contributed by atoms with Crippen molar-refractivity contribution in [3.8, 4) is 17.0 Å². The first-order chi connectivity index (χ1) is 7.22. The Labute approximate surface area is 95.6 Å². The molecule has 15 heavy (non-hydrogen) atoms. The van der Waals surface area contributed by atoms with E-state index in [2.05, 4.69) is 26.1 Å². The zero-order valence-corrected chi connectivity index (χ0v) is 9.71. The summed E-state index contributed by atoms with van der Waals surface area (Å²) >= 11 is 3.38. The Kier molecular flexibility index (Phi) is 2.64. The second kappa shape index (κ2) is 3.94. The molecule has 2 aromatic rings. The van der Waals surface area contributed by atoms with E-state index in [1.807, 2.05) is 18.2 Å². The van der Waals surface area contributed by atoms with Crippen molar-refractivity contribution in [3.05, 3.63) is 28.9 Å². The standard InChI is InChI=1S/C10H10BrN3O/c1-15-9-4-6(11)2-3-7(9)10-8(12)5-13-14-10/h2-5H,12H2,1H3,(H,13,14). The fraction of sp³-hybridized carbons (Fsp3) is 0.100. The molecule has 0 saturated heterocycles. The molecule has 0 unspecified atom stereocenters. The zero-order chi connectivity index (χ0) is 10.8. The molecular weight excluding hydrogens is 258 g/mol. The van der Waals surface area contributed by atoms with Gasteiger partial charge in [0.1, 0.15) is 5.75 Å². The second-order valence-corrected chi connectivity index (χ2v) is 3.96. The van der Waals surface area contributed by atoms with Crippen molar-refractivity contribution in [3.63, 3.8) is 0 Å². The van der Waals surface area contributed by atoms with E-state index in [-0.39, 0.29) is 0 Å². The number of nitrogens with zero attached hydrogens (tertiary/aromatic N) is 1. The molecule has 5 heteroatoms. The van der Waals surface area contributed by atoms with Crippen LogP contribution in [0.4, 0.5) is 5.69 Å². The molecule has 2 rings (SSSR count). The number of halogens is 1. The Morgan fingerprint density at radius 3 is 2.87 bits per heavy atom. The van der Waals surface area contributed by atoms with Crippen LogP contribution in [0.15, 0.2) is 28.9 Å². The summed E-state index contributed by atoms with van der Waals surface area (Å²) in [5, 5.41) is 6.72. The van der Waals surface area contributed by atoms with Gasteiger partial charge in [0.2, 0.25) is 0 Å². The van der Waals surface area contributed by atoms with Gasteiger partial charge < -0.3 is 10.5 Å². The number of methoxy groups -OCH3 is 1. The smallest absolute Gasteiger partial charge is 0.129 e. The van der Waals surface area contributed by atoms with E-state index in [9.17, 15) is 0 Å². The molecule has 0 fully saturated rings. The Morgan fingerprint density at radius 1 is 1.47 bits per heavy atom. The number of aromatic nitrogens is 2. The SMILES string of the molecule is COc1cc(Br)ccc1-c1[nH]ncc1N. The summed E-state index contributed by atoms with van der Waals surface area (Å²) in [4.78, 5) is 0. The van der Waals surface area contributed by atoms with Gasteiger partial charge in [-0.3, -0.25) is 5.10 Å². The average Bonchev–Trinajstić information content (AvgIpc) is 2.64. The van der Waals surface area contributed by atoms with Gasteiger partial charge in [-0.2, -0.15) is 5.10 Å². The highest BCUT2D eigenvalue weighted by molar-refractivity contribution is 9.10. The summed E-state index contributed by atoms with van der Waals surface area (Å²) in [6.07, 6.45) is 1.58. The van der Waals surface area contributed by atoms with Gasteiger partial charge in [-0.15, -0.1) is 0 Å². The number of ether oxygens (including phenoxy) is 1. The summed E-state index contributed by atoms with van der Waals surface area (Å²) < 4.78 is 6.23. The topological polar surface area (TPSA) is 63.9 Å². The summed E-state index contributed by atoms with van der Waals surface area (Å²) in [7, 11) is 1.62. The lowest BCUT2D eigenvalue weighted by Gasteiger charge is -2.07. The molecule has 1 aromatic carbocycles. The van der Waals surface area contributed by atoms with Crippen LogP contribution in [0.1, 0.15) is 0 Å². The summed E-state index contributed by atoms with van der Waals surface area (Å²) in [5.41, 5.74) is 8.06. The lowest BCUT2D eigenvalue weighted by Crippen LogP contribution is -1.91. The van der Waals surface area contributed by atoms with E-state index in [0.717, 1.165) is 21.5 Å². The maximum absolute atomic E-state index is 5.77. The number of aromatic amines is 1. The normalized spacial score (nSPS) is 10.3. The molecule has 0 amide bonds. The van der Waals surface area contributed by atoms with Crippen molar-refractivity contribution in [2.75, 3.05) is 12.8 Å². The van der Waals surface area contributed by atoms with Crippen LogP contribution < -0.4 is 10.5 Å². The van der Waals surface area contributed by atoms with Crippen LogP contribution in [0.2, 0.25) is 0 Å². The molecule has 0 spiro atoms. The third-order valence-corrected chi connectivity index (χ3v) is 2.59. The van der Waals surface area contributed by atoms with Crippen LogP contribution in [0.3, 0.4) is 0 Å². The van der Waals surface area contributed by atoms with Crippen molar-refractivity contribution in [2.45, 2.75) is 0 Å². The Hall–Kier alpha value is -1.49. The molecule has 0 aliphatic carbocycles. The zero-order valence-electron chi connectivity index (χ0n) is 8.12. The Morgan fingerprint density at radius 2 is 2.27 bits per heavy atom. The number of hydrogen-bond donors (Lipinski definition) is 2. The van der Waals surface area contributed by atoms with E-state index in [1.165, 1.54) is 0 Å². The van der Waals surface area contributed by atoms with Gasteiger partial charge >= 0.3 is 0 Å². The van der Waals surface area contributed by atoms with Gasteiger partial charge in [-0.05, 0) is 18.2 Å². The maximum Gasteiger partial charge on any atom is 0.129 e. The Bertz CT molecular complexity index is 481. The monoisotopic (exact) mass is 267 g/mol. The van der Waals surface area contributed by atoms with Crippen molar-refractivity contribution in [1.29, 1.82) is 0 Å². The number of hydrogen-bond acceptors (Lipinski definition) is 3. The van der Waals surface area contributed by atoms with Crippen molar-refractivity contribution >= 4 is 21.6 Å². The number of nitrogens with two attached hydrogens (primary N) is 1. The van der Waals surface area contributed by atoms with Crippen LogP contribution in [0.25, 0.3) is 11.3 Å². The third-order valence-electron chi connectivity index (χ3n) is 2.10. The molecule has 4 nitrogen and oxygen atoms in total. The largest absolute Gasteiger partial charge is 0.496 e. The lowest BCUT2D eigenvalue weighted by atomic mass is 10.1. The predicted octanol–water partition coefficient (Wildman–Crippen LogP) is 2.43. The van der Waals surface area contributed by atoms with Crippen LogP contribution in [-0.2, 0) is 0 Å². The van der Waals surface area contributed by atoms with Crippen molar-refractivity contribution in [2.24, 2.45) is 0 Å². The third kappa shape index (κ3) is 1.83. The minimum Gasteiger partial charge on any atom is -0.496 e. The highest BCUT2D eigenvalue weighted by Crippen LogP contribution is 2.33. The number of benzene rings is 1. The minimum atomic E-state index is 0.607. The molecule has 1 aromatic heterocycles. The second-order valence-electron chi connectivity index (χ2n) is 3.04. The molecule has 0 atom stereocenters. The Balaban J connectivity index is 2.58. The molecular formula is C10H10BrN3O. The van der Waals surface area contributed by atoms with Gasteiger partial charge in [-0.1, -0.05) is 15.9 Å². The molecule has 0 saturated carbocycles. The van der Waals surface area contributed by atoms with E-state index >= 15 is 0 Å². The fourth-order valence-electron chi connectivity index (χ4n) is 1.38. The van der Waals surface area contributed by atoms with Gasteiger partial charge in [-0.25, -0.2) is 0 Å². The van der Waals surface area contributed by atoms with E-state index in [4.69, 9.17) is 10.5 Å². The van der Waals surface area contributed by atoms with Crippen LogP contribution in [-0.4, -0.2) is 17.3 Å². The summed E-state index contributed by atoms with van der Waals surface area (Å²) in [6, 6.07) is 5.74. The number of nitrogen functional groups attached to an aromatic ring is 1. The van der Waals surface area contributed by atoms with E-state index in [1.54, 1.807) is 13.3 Å². The lowest BCUT2D eigenvalue weighted by molar-refractivity contribution is 0.416. The van der Waals surface area contributed by atoms with Crippen molar-refractivity contribution in [1.82, 2.24) is 10.2 Å². The van der Waals surface area contributed by atoms with E-state index in [0.29, 0.717) is 5.69 Å². The molecule has 78 valence electrons. The minimum absolute atomic E-state index is 0.607. The average molecular weight is 268 g/mol. The first-order valence-electron chi connectivity index (χ1n) is 4.35. The van der Waals surface area contributed by atoms with Gasteiger partial charge in [0.05, 0.1) is 24.7 Å². The van der Waals surface area contributed by atoms with Crippen molar-refractivity contribution < 1.29 is 4.74 Å². The molecule has 0 aliphatic rings. The quantitative estimate of drug-likeness (QED) is 0.879. The highest BCUT2D eigenvalue weighted by atomic mass is 79.9. The fourth-order valence-corrected chi connectivity index (χ4v) is 1.72. The molecule has 0 radical (unpaired) electrons. The number of H-pyrrole nitrogens is 1. The van der Waals surface area contributed by atoms with E-state index < -0.39 is 0 Å². The van der Waals surface area contributed by atoms with Crippen LogP contribution in [0, 0.1) is 0 Å². The number of rotatable bonds is 2. The van der Waals surface area contributed by atoms with Gasteiger partial charge in [0.15, 0.2) is 0 Å². The van der Waals surface area contributed by atoms with Crippen LogP contribution >= 0.6 is 15.9 Å². The first kappa shape index (κ1) is 10.0. The molecule has 1 heterocycles. The molecule has 0 bridgehead atoms. The molecule has 0 aliphatic heterocycles. The maximum atomic E-state index is 5.77. The summed E-state index contributed by atoms with van der Waals surface area (Å²) in [5.74, 6) is 0.750. The number of nitrogens with one attached hydrogen (secondary N) is 1.